The number of benzene rings is 1. The van der Waals surface area contributed by atoms with Crippen LogP contribution in [0.3, 0.4) is 0 Å². The summed E-state index contributed by atoms with van der Waals surface area (Å²) < 4.78 is 35.8. The van der Waals surface area contributed by atoms with Crippen LogP contribution in [0.4, 0.5) is 13.2 Å². The molecule has 0 heterocycles. The number of nitrogens with two attached hydrogens (primary N) is 1. The average molecular weight is 221 g/mol. The summed E-state index contributed by atoms with van der Waals surface area (Å²) in [4.78, 5) is 0.207. The lowest BCUT2D eigenvalue weighted by Gasteiger charge is -2.05. The summed E-state index contributed by atoms with van der Waals surface area (Å²) in [5.41, 5.74) is 2.06. The SMILES string of the molecule is NCCc1ccc(SC(F)(F)F)cc1. The van der Waals surface area contributed by atoms with E-state index in [-0.39, 0.29) is 16.7 Å². The van der Waals surface area contributed by atoms with E-state index in [1.807, 2.05) is 0 Å². The van der Waals surface area contributed by atoms with E-state index in [0.717, 1.165) is 5.56 Å². The highest BCUT2D eigenvalue weighted by molar-refractivity contribution is 8.00. The molecule has 1 aromatic carbocycles. The van der Waals surface area contributed by atoms with Crippen molar-refractivity contribution in [2.75, 3.05) is 6.54 Å². The molecule has 0 amide bonds. The van der Waals surface area contributed by atoms with Gasteiger partial charge in [-0.15, -0.1) is 0 Å². The first-order valence-electron chi connectivity index (χ1n) is 4.06. The van der Waals surface area contributed by atoms with Crippen LogP contribution < -0.4 is 5.73 Å². The number of hydrogen-bond donors (Lipinski definition) is 1. The van der Waals surface area contributed by atoms with Gasteiger partial charge in [-0.3, -0.25) is 0 Å². The van der Waals surface area contributed by atoms with Crippen molar-refractivity contribution >= 4 is 11.8 Å². The van der Waals surface area contributed by atoms with Crippen molar-refractivity contribution in [2.24, 2.45) is 5.73 Å². The van der Waals surface area contributed by atoms with E-state index >= 15 is 0 Å². The fourth-order valence-electron chi connectivity index (χ4n) is 1.02. The van der Waals surface area contributed by atoms with Crippen LogP contribution in [0.1, 0.15) is 5.56 Å². The van der Waals surface area contributed by atoms with Crippen LogP contribution in [-0.2, 0) is 6.42 Å². The predicted octanol–water partition coefficient (Wildman–Crippen LogP) is 2.80. The molecule has 0 saturated heterocycles. The van der Waals surface area contributed by atoms with E-state index in [2.05, 4.69) is 0 Å². The van der Waals surface area contributed by atoms with Crippen molar-refractivity contribution < 1.29 is 13.2 Å². The van der Waals surface area contributed by atoms with Crippen LogP contribution in [0, 0.1) is 0 Å². The maximum atomic E-state index is 11.9. The summed E-state index contributed by atoms with van der Waals surface area (Å²) in [6.45, 7) is 0.506. The molecule has 1 nitrogen and oxygen atoms in total. The second-order valence-corrected chi connectivity index (χ2v) is 3.87. The van der Waals surface area contributed by atoms with Crippen LogP contribution in [0.5, 0.6) is 0 Å². The maximum absolute atomic E-state index is 11.9. The molecule has 0 aliphatic heterocycles. The Labute approximate surface area is 84.5 Å². The van der Waals surface area contributed by atoms with Crippen molar-refractivity contribution in [3.63, 3.8) is 0 Å². The Kier molecular flexibility index (Phi) is 3.83. The molecule has 0 fully saturated rings. The lowest BCUT2D eigenvalue weighted by molar-refractivity contribution is -0.0328. The average Bonchev–Trinajstić information content (AvgIpc) is 2.06. The zero-order valence-electron chi connectivity index (χ0n) is 7.34. The van der Waals surface area contributed by atoms with Crippen LogP contribution in [0.25, 0.3) is 0 Å². The number of halogens is 3. The minimum absolute atomic E-state index is 0.104. The van der Waals surface area contributed by atoms with E-state index in [4.69, 9.17) is 5.73 Å². The van der Waals surface area contributed by atoms with Gasteiger partial charge in [0.05, 0.1) is 0 Å². The normalized spacial score (nSPS) is 11.7. The molecule has 0 saturated carbocycles. The fourth-order valence-corrected chi connectivity index (χ4v) is 1.56. The van der Waals surface area contributed by atoms with Gasteiger partial charge in [0.2, 0.25) is 0 Å². The number of alkyl halides is 3. The van der Waals surface area contributed by atoms with Gasteiger partial charge in [0.15, 0.2) is 0 Å². The third-order valence-corrected chi connectivity index (χ3v) is 2.33. The maximum Gasteiger partial charge on any atom is 0.446 e. The van der Waals surface area contributed by atoms with Crippen LogP contribution in [0.2, 0.25) is 0 Å². The molecule has 0 unspecified atom stereocenters. The molecule has 14 heavy (non-hydrogen) atoms. The van der Waals surface area contributed by atoms with Gasteiger partial charge in [0, 0.05) is 4.90 Å². The van der Waals surface area contributed by atoms with Crippen LogP contribution >= 0.6 is 11.8 Å². The summed E-state index contributed by atoms with van der Waals surface area (Å²) in [5.74, 6) is 0. The third-order valence-electron chi connectivity index (χ3n) is 1.59. The molecule has 0 atom stereocenters. The standard InChI is InChI=1S/C9H10F3NS/c10-9(11,12)14-8-3-1-7(2-4-8)5-6-13/h1-4H,5-6,13H2. The molecule has 0 aromatic heterocycles. The highest BCUT2D eigenvalue weighted by Gasteiger charge is 2.28. The molecule has 0 aliphatic carbocycles. The minimum Gasteiger partial charge on any atom is -0.330 e. The Hall–Kier alpha value is -0.680. The van der Waals surface area contributed by atoms with Crippen LogP contribution in [0.15, 0.2) is 29.2 Å². The van der Waals surface area contributed by atoms with E-state index in [1.54, 1.807) is 12.1 Å². The molecule has 0 radical (unpaired) electrons. The van der Waals surface area contributed by atoms with Gasteiger partial charge in [-0.1, -0.05) is 12.1 Å². The first-order chi connectivity index (χ1) is 6.51. The van der Waals surface area contributed by atoms with E-state index in [0.29, 0.717) is 13.0 Å². The monoisotopic (exact) mass is 221 g/mol. The lowest BCUT2D eigenvalue weighted by Crippen LogP contribution is -2.02. The molecule has 1 aromatic rings. The summed E-state index contributed by atoms with van der Waals surface area (Å²) in [6, 6.07) is 6.26. The van der Waals surface area contributed by atoms with Crippen LogP contribution in [-0.4, -0.2) is 12.1 Å². The summed E-state index contributed by atoms with van der Waals surface area (Å²) in [6.07, 6.45) is 0.691. The lowest BCUT2D eigenvalue weighted by atomic mass is 10.2. The highest BCUT2D eigenvalue weighted by Crippen LogP contribution is 2.36. The molecular formula is C9H10F3NS. The molecule has 0 spiro atoms. The van der Waals surface area contributed by atoms with Gasteiger partial charge in [-0.2, -0.15) is 13.2 Å². The van der Waals surface area contributed by atoms with Gasteiger partial charge in [-0.05, 0) is 42.4 Å². The highest BCUT2D eigenvalue weighted by atomic mass is 32.2. The molecule has 78 valence electrons. The number of hydrogen-bond acceptors (Lipinski definition) is 2. The van der Waals surface area contributed by atoms with Crippen molar-refractivity contribution in [2.45, 2.75) is 16.8 Å². The van der Waals surface area contributed by atoms with Gasteiger partial charge >= 0.3 is 5.51 Å². The van der Waals surface area contributed by atoms with E-state index in [1.165, 1.54) is 12.1 Å². The third kappa shape index (κ3) is 4.02. The van der Waals surface area contributed by atoms with Gasteiger partial charge in [0.1, 0.15) is 0 Å². The van der Waals surface area contributed by atoms with Crippen molar-refractivity contribution in [1.29, 1.82) is 0 Å². The number of thioether (sulfide) groups is 1. The molecule has 1 rings (SSSR count). The van der Waals surface area contributed by atoms with Crippen molar-refractivity contribution in [3.8, 4) is 0 Å². The summed E-state index contributed by atoms with van der Waals surface area (Å²) >= 11 is -0.104. The Bertz CT molecular complexity index is 281. The van der Waals surface area contributed by atoms with E-state index < -0.39 is 5.51 Å². The topological polar surface area (TPSA) is 26.0 Å². The van der Waals surface area contributed by atoms with Crippen molar-refractivity contribution in [1.82, 2.24) is 0 Å². The minimum atomic E-state index is -4.21. The Morgan fingerprint density at radius 2 is 1.71 bits per heavy atom. The first-order valence-corrected chi connectivity index (χ1v) is 4.87. The van der Waals surface area contributed by atoms with Crippen molar-refractivity contribution in [3.05, 3.63) is 29.8 Å². The molecule has 5 heteroatoms. The second-order valence-electron chi connectivity index (χ2n) is 2.73. The molecular weight excluding hydrogens is 211 g/mol. The zero-order chi connectivity index (χ0) is 10.6. The summed E-state index contributed by atoms with van der Waals surface area (Å²) in [7, 11) is 0. The largest absolute Gasteiger partial charge is 0.446 e. The molecule has 0 bridgehead atoms. The van der Waals surface area contributed by atoms with E-state index in [9.17, 15) is 13.2 Å². The fraction of sp³-hybridized carbons (Fsp3) is 0.333. The van der Waals surface area contributed by atoms with Gasteiger partial charge in [-0.25, -0.2) is 0 Å². The van der Waals surface area contributed by atoms with Gasteiger partial charge in [0.25, 0.3) is 0 Å². The second kappa shape index (κ2) is 4.70. The number of rotatable bonds is 3. The Balaban J connectivity index is 2.64. The zero-order valence-corrected chi connectivity index (χ0v) is 8.16. The summed E-state index contributed by atoms with van der Waals surface area (Å²) in [5, 5.41) is 0. The first kappa shape index (κ1) is 11.4. The molecule has 2 N–H and O–H groups in total. The molecule has 0 aliphatic rings. The smallest absolute Gasteiger partial charge is 0.330 e. The Morgan fingerprint density at radius 1 is 1.14 bits per heavy atom. The quantitative estimate of drug-likeness (QED) is 0.794. The predicted molar refractivity (Wildman–Crippen MR) is 51.1 cm³/mol. The Morgan fingerprint density at radius 3 is 2.14 bits per heavy atom. The van der Waals surface area contributed by atoms with Gasteiger partial charge < -0.3 is 5.73 Å².